The molecule has 0 atom stereocenters. The maximum Gasteiger partial charge on any atom is 0.253 e. The Balaban J connectivity index is 2.39. The second kappa shape index (κ2) is 3.75. The van der Waals surface area contributed by atoms with Crippen LogP contribution in [0.2, 0.25) is 0 Å². The highest BCUT2D eigenvalue weighted by atomic mass is 79.9. The van der Waals surface area contributed by atoms with E-state index >= 15 is 0 Å². The van der Waals surface area contributed by atoms with Gasteiger partial charge in [-0.3, -0.25) is 0 Å². The molecule has 0 unspecified atom stereocenters. The van der Waals surface area contributed by atoms with E-state index in [4.69, 9.17) is 0 Å². The normalized spacial score (nSPS) is 20.7. The molecule has 0 heterocycles. The minimum Gasteiger partial charge on any atom is -0.211 e. The lowest BCUT2D eigenvalue weighted by Crippen LogP contribution is -2.48. The maximum atomic E-state index is 12.9. The van der Waals surface area contributed by atoms with E-state index in [1.165, 1.54) is 6.08 Å². The number of halogens is 3. The molecular weight excluding hydrogens is 280 g/mol. The van der Waals surface area contributed by atoms with Gasteiger partial charge in [-0.1, -0.05) is 28.1 Å². The lowest BCUT2D eigenvalue weighted by atomic mass is 9.69. The van der Waals surface area contributed by atoms with Crippen LogP contribution in [0.5, 0.6) is 0 Å². The van der Waals surface area contributed by atoms with E-state index in [1.807, 2.05) is 0 Å². The summed E-state index contributed by atoms with van der Waals surface area (Å²) in [5.41, 5.74) is -0.467. The second-order valence-electron chi connectivity index (χ2n) is 3.95. The molecule has 0 aliphatic heterocycles. The van der Waals surface area contributed by atoms with Gasteiger partial charge in [-0.15, -0.1) is 0 Å². The van der Waals surface area contributed by atoms with Crippen molar-refractivity contribution in [3.05, 3.63) is 34.3 Å². The summed E-state index contributed by atoms with van der Waals surface area (Å²) < 4.78 is 26.7. The molecule has 16 heavy (non-hydrogen) atoms. The summed E-state index contributed by atoms with van der Waals surface area (Å²) in [5.74, 6) is -2.73. The summed E-state index contributed by atoms with van der Waals surface area (Å²) >= 11 is 3.26. The Labute approximate surface area is 99.5 Å². The number of hydrogen-bond donors (Lipinski definition) is 0. The van der Waals surface area contributed by atoms with Gasteiger partial charge in [0.05, 0.1) is 0 Å². The quantitative estimate of drug-likeness (QED) is 0.605. The van der Waals surface area contributed by atoms with Crippen molar-refractivity contribution < 1.29 is 13.6 Å². The van der Waals surface area contributed by atoms with E-state index in [2.05, 4.69) is 20.9 Å². The maximum absolute atomic E-state index is 12.9. The number of rotatable bonds is 2. The average molecular weight is 288 g/mol. The zero-order valence-electron chi connectivity index (χ0n) is 8.21. The van der Waals surface area contributed by atoms with Crippen molar-refractivity contribution in [2.75, 3.05) is 0 Å². The van der Waals surface area contributed by atoms with Crippen LogP contribution in [0.15, 0.2) is 33.7 Å². The molecule has 5 heteroatoms. The fraction of sp³-hybridized carbons (Fsp3) is 0.364. The first-order valence-corrected chi connectivity index (χ1v) is 5.50. The summed E-state index contributed by atoms with van der Waals surface area (Å²) in [6.07, 6.45) is 0.543. The minimum atomic E-state index is -2.73. The lowest BCUT2D eigenvalue weighted by Gasteiger charge is -2.43. The van der Waals surface area contributed by atoms with Gasteiger partial charge in [-0.2, -0.15) is 4.99 Å². The highest BCUT2D eigenvalue weighted by molar-refractivity contribution is 9.10. The fourth-order valence-corrected chi connectivity index (χ4v) is 2.42. The van der Waals surface area contributed by atoms with Gasteiger partial charge in [0.2, 0.25) is 6.08 Å². The minimum absolute atomic E-state index is 0.425. The topological polar surface area (TPSA) is 29.4 Å². The van der Waals surface area contributed by atoms with Gasteiger partial charge in [0.1, 0.15) is 5.54 Å². The van der Waals surface area contributed by atoms with Gasteiger partial charge >= 0.3 is 0 Å². The third-order valence-corrected chi connectivity index (χ3v) is 3.22. The summed E-state index contributed by atoms with van der Waals surface area (Å²) in [6.45, 7) is 0. The second-order valence-corrected chi connectivity index (χ2v) is 4.87. The van der Waals surface area contributed by atoms with Crippen LogP contribution in [-0.2, 0) is 10.3 Å². The Bertz CT molecular complexity index is 461. The first kappa shape index (κ1) is 11.4. The number of hydrogen-bond acceptors (Lipinski definition) is 2. The molecule has 0 aromatic heterocycles. The largest absolute Gasteiger partial charge is 0.253 e. The molecule has 1 aromatic rings. The number of alkyl halides is 2. The molecule has 0 amide bonds. The summed E-state index contributed by atoms with van der Waals surface area (Å²) in [4.78, 5) is 13.9. The predicted molar refractivity (Wildman–Crippen MR) is 58.1 cm³/mol. The number of aliphatic imine (C=N–C) groups is 1. The van der Waals surface area contributed by atoms with Crippen LogP contribution in [0.25, 0.3) is 0 Å². The first-order valence-electron chi connectivity index (χ1n) is 4.70. The summed E-state index contributed by atoms with van der Waals surface area (Å²) in [7, 11) is 0. The standard InChI is InChI=1S/C11H8BrF2NO/c12-9-3-1-2-8(4-9)10(15-7-16)5-11(13,14)6-10/h1-4H,5-6H2. The SMILES string of the molecule is O=C=NC1(c2cccc(Br)c2)CC(F)(F)C1. The molecule has 1 saturated carbocycles. The van der Waals surface area contributed by atoms with Gasteiger partial charge in [0, 0.05) is 17.3 Å². The monoisotopic (exact) mass is 287 g/mol. The van der Waals surface area contributed by atoms with Crippen LogP contribution in [0, 0.1) is 0 Å². The van der Waals surface area contributed by atoms with E-state index in [0.29, 0.717) is 5.56 Å². The van der Waals surface area contributed by atoms with Crippen molar-refractivity contribution in [1.29, 1.82) is 0 Å². The van der Waals surface area contributed by atoms with E-state index in [9.17, 15) is 13.6 Å². The molecule has 0 spiro atoms. The molecule has 0 N–H and O–H groups in total. The number of isocyanates is 1. The van der Waals surface area contributed by atoms with Gasteiger partial charge in [0.15, 0.2) is 0 Å². The molecule has 2 nitrogen and oxygen atoms in total. The Kier molecular flexibility index (Phi) is 2.68. The molecule has 0 saturated heterocycles. The van der Waals surface area contributed by atoms with Gasteiger partial charge in [0.25, 0.3) is 5.92 Å². The molecule has 0 radical (unpaired) electrons. The molecule has 2 rings (SSSR count). The molecular formula is C11H8BrF2NO. The fourth-order valence-electron chi connectivity index (χ4n) is 2.02. The van der Waals surface area contributed by atoms with E-state index < -0.39 is 24.3 Å². The zero-order valence-corrected chi connectivity index (χ0v) is 9.80. The highest BCUT2D eigenvalue weighted by Gasteiger charge is 2.58. The van der Waals surface area contributed by atoms with Crippen LogP contribution in [0.1, 0.15) is 18.4 Å². The third kappa shape index (κ3) is 1.93. The van der Waals surface area contributed by atoms with Gasteiger partial charge < -0.3 is 0 Å². The Morgan fingerprint density at radius 2 is 2.06 bits per heavy atom. The smallest absolute Gasteiger partial charge is 0.211 e. The number of carbonyl (C=O) groups excluding carboxylic acids is 1. The molecule has 84 valence electrons. The Morgan fingerprint density at radius 3 is 2.56 bits per heavy atom. The van der Waals surface area contributed by atoms with Crippen LogP contribution in [-0.4, -0.2) is 12.0 Å². The molecule has 0 bridgehead atoms. The Hall–Kier alpha value is -1.06. The van der Waals surface area contributed by atoms with Crippen molar-refractivity contribution in [1.82, 2.24) is 0 Å². The van der Waals surface area contributed by atoms with Crippen LogP contribution < -0.4 is 0 Å². The van der Waals surface area contributed by atoms with E-state index in [1.54, 1.807) is 24.3 Å². The molecule has 1 aromatic carbocycles. The highest BCUT2D eigenvalue weighted by Crippen LogP contribution is 2.54. The average Bonchev–Trinajstić information content (AvgIpc) is 2.15. The number of nitrogens with zero attached hydrogens (tertiary/aromatic N) is 1. The Morgan fingerprint density at radius 1 is 1.38 bits per heavy atom. The first-order chi connectivity index (χ1) is 7.47. The zero-order chi connectivity index (χ0) is 11.8. The third-order valence-electron chi connectivity index (χ3n) is 2.72. The lowest BCUT2D eigenvalue weighted by molar-refractivity contribution is -0.124. The van der Waals surface area contributed by atoms with Gasteiger partial charge in [-0.05, 0) is 17.7 Å². The van der Waals surface area contributed by atoms with Gasteiger partial charge in [-0.25, -0.2) is 13.6 Å². The van der Waals surface area contributed by atoms with Crippen molar-refractivity contribution in [2.24, 2.45) is 4.99 Å². The molecule has 1 aliphatic rings. The van der Waals surface area contributed by atoms with Crippen molar-refractivity contribution in [3.63, 3.8) is 0 Å². The van der Waals surface area contributed by atoms with Crippen molar-refractivity contribution in [2.45, 2.75) is 24.3 Å². The molecule has 1 aliphatic carbocycles. The summed E-state index contributed by atoms with van der Waals surface area (Å²) in [5, 5.41) is 0. The van der Waals surface area contributed by atoms with Crippen molar-refractivity contribution in [3.8, 4) is 0 Å². The number of benzene rings is 1. The van der Waals surface area contributed by atoms with Crippen molar-refractivity contribution >= 4 is 22.0 Å². The predicted octanol–water partition coefficient (Wildman–Crippen LogP) is 3.41. The van der Waals surface area contributed by atoms with E-state index in [0.717, 1.165) is 4.47 Å². The molecule has 1 fully saturated rings. The van der Waals surface area contributed by atoms with Crippen LogP contribution in [0.4, 0.5) is 8.78 Å². The van der Waals surface area contributed by atoms with Crippen LogP contribution in [0.3, 0.4) is 0 Å². The van der Waals surface area contributed by atoms with Crippen LogP contribution >= 0.6 is 15.9 Å². The summed E-state index contributed by atoms with van der Waals surface area (Å²) in [6, 6.07) is 6.92. The van der Waals surface area contributed by atoms with E-state index in [-0.39, 0.29) is 0 Å².